The molecule has 0 spiro atoms. The Labute approximate surface area is 185 Å². The van der Waals surface area contributed by atoms with Crippen LogP contribution < -0.4 is 10.5 Å². The van der Waals surface area contributed by atoms with Crippen LogP contribution in [0.4, 0.5) is 5.82 Å². The minimum atomic E-state index is -0.148. The zero-order chi connectivity index (χ0) is 20.7. The number of aromatic nitrogens is 2. The third kappa shape index (κ3) is 3.46. The van der Waals surface area contributed by atoms with Gasteiger partial charge in [0, 0.05) is 25.3 Å². The SMILES string of the molecule is O=C1C(=Cc2c(N3CCCC3)nc3ccccn3c2=O)SC(=S)N1C1CCCCC1. The molecule has 30 heavy (non-hydrogen) atoms. The zero-order valence-electron chi connectivity index (χ0n) is 16.7. The fourth-order valence-electron chi connectivity index (χ4n) is 4.65. The Kier molecular flexibility index (Phi) is 5.37. The van der Waals surface area contributed by atoms with Crippen molar-refractivity contribution in [1.29, 1.82) is 0 Å². The smallest absolute Gasteiger partial charge is 0.267 e. The van der Waals surface area contributed by atoms with E-state index in [1.54, 1.807) is 21.6 Å². The van der Waals surface area contributed by atoms with Crippen LogP contribution in [0.5, 0.6) is 0 Å². The highest BCUT2D eigenvalue weighted by atomic mass is 32.2. The number of fused-ring (bicyclic) bond motifs is 1. The van der Waals surface area contributed by atoms with Crippen LogP contribution in [0.3, 0.4) is 0 Å². The van der Waals surface area contributed by atoms with E-state index in [1.807, 2.05) is 18.2 Å². The highest BCUT2D eigenvalue weighted by molar-refractivity contribution is 8.26. The Morgan fingerprint density at radius 2 is 1.83 bits per heavy atom. The van der Waals surface area contributed by atoms with Gasteiger partial charge >= 0.3 is 0 Å². The second kappa shape index (κ2) is 8.15. The number of amides is 1. The Morgan fingerprint density at radius 3 is 2.60 bits per heavy atom. The number of hydrogen-bond acceptors (Lipinski definition) is 6. The van der Waals surface area contributed by atoms with E-state index in [0.29, 0.717) is 26.3 Å². The van der Waals surface area contributed by atoms with E-state index in [2.05, 4.69) is 4.90 Å². The van der Waals surface area contributed by atoms with Gasteiger partial charge in [-0.3, -0.25) is 18.9 Å². The van der Waals surface area contributed by atoms with Gasteiger partial charge in [0.15, 0.2) is 0 Å². The van der Waals surface area contributed by atoms with Gasteiger partial charge in [-0.05, 0) is 43.9 Å². The molecule has 0 bridgehead atoms. The standard InChI is InChI=1S/C22H24N4O2S2/c27-20-16(14-17-21(28)26(22(29)30-17)15-8-2-1-3-9-15)19(24-11-6-7-12-24)23-18-10-4-5-13-25(18)20/h4-5,10,13-15H,1-3,6-9,11-12H2. The van der Waals surface area contributed by atoms with Crippen LogP contribution in [0, 0.1) is 0 Å². The molecule has 2 saturated heterocycles. The van der Waals surface area contributed by atoms with Gasteiger partial charge < -0.3 is 4.90 Å². The normalized spacial score (nSPS) is 22.1. The summed E-state index contributed by atoms with van der Waals surface area (Å²) in [7, 11) is 0. The zero-order valence-corrected chi connectivity index (χ0v) is 18.4. The van der Waals surface area contributed by atoms with E-state index in [1.165, 1.54) is 18.2 Å². The summed E-state index contributed by atoms with van der Waals surface area (Å²) in [5.74, 6) is 0.605. The Bertz CT molecular complexity index is 1100. The monoisotopic (exact) mass is 440 g/mol. The van der Waals surface area contributed by atoms with Crippen LogP contribution in [0.2, 0.25) is 0 Å². The molecule has 0 aromatic carbocycles. The molecular weight excluding hydrogens is 416 g/mol. The fraction of sp³-hybridized carbons (Fsp3) is 0.455. The lowest BCUT2D eigenvalue weighted by atomic mass is 9.94. The molecule has 0 unspecified atom stereocenters. The molecule has 4 heterocycles. The number of nitrogens with zero attached hydrogens (tertiary/aromatic N) is 4. The summed E-state index contributed by atoms with van der Waals surface area (Å²) in [6.07, 6.45) is 11.1. The van der Waals surface area contributed by atoms with E-state index in [4.69, 9.17) is 17.2 Å². The molecule has 6 nitrogen and oxygen atoms in total. The molecule has 0 N–H and O–H groups in total. The number of carbonyl (C=O) groups is 1. The van der Waals surface area contributed by atoms with Crippen LogP contribution in [0.15, 0.2) is 34.1 Å². The number of anilines is 1. The Hall–Kier alpha value is -2.19. The largest absolute Gasteiger partial charge is 0.356 e. The van der Waals surface area contributed by atoms with Gasteiger partial charge in [-0.2, -0.15) is 0 Å². The third-order valence-electron chi connectivity index (χ3n) is 6.19. The van der Waals surface area contributed by atoms with Gasteiger partial charge in [0.1, 0.15) is 15.8 Å². The van der Waals surface area contributed by atoms with Crippen molar-refractivity contribution in [2.24, 2.45) is 0 Å². The summed E-state index contributed by atoms with van der Waals surface area (Å²) >= 11 is 6.87. The Morgan fingerprint density at radius 1 is 1.07 bits per heavy atom. The van der Waals surface area contributed by atoms with Crippen molar-refractivity contribution >= 4 is 51.7 Å². The molecule has 3 aliphatic rings. The summed E-state index contributed by atoms with van der Waals surface area (Å²) in [5.41, 5.74) is 0.950. The van der Waals surface area contributed by atoms with Crippen molar-refractivity contribution in [3.63, 3.8) is 0 Å². The quantitative estimate of drug-likeness (QED) is 0.534. The summed E-state index contributed by atoms with van der Waals surface area (Å²) in [5, 5.41) is 0. The predicted molar refractivity (Wildman–Crippen MR) is 125 cm³/mol. The molecule has 1 saturated carbocycles. The molecular formula is C22H24N4O2S2. The lowest BCUT2D eigenvalue weighted by molar-refractivity contribution is -0.124. The topological polar surface area (TPSA) is 57.9 Å². The Balaban J connectivity index is 1.58. The number of carbonyl (C=O) groups excluding carboxylic acids is 1. The average Bonchev–Trinajstić information content (AvgIpc) is 3.39. The van der Waals surface area contributed by atoms with Gasteiger partial charge in [-0.1, -0.05) is 49.3 Å². The van der Waals surface area contributed by atoms with Crippen molar-refractivity contribution in [2.45, 2.75) is 51.0 Å². The molecule has 5 rings (SSSR count). The summed E-state index contributed by atoms with van der Waals surface area (Å²) in [4.78, 5) is 35.8. The molecule has 2 aliphatic heterocycles. The summed E-state index contributed by atoms with van der Waals surface area (Å²) in [6.45, 7) is 1.75. The molecule has 1 aliphatic carbocycles. The highest BCUT2D eigenvalue weighted by Gasteiger charge is 2.38. The first-order valence-corrected chi connectivity index (χ1v) is 11.9. The second-order valence-corrected chi connectivity index (χ2v) is 9.80. The number of pyridine rings is 1. The lowest BCUT2D eigenvalue weighted by Crippen LogP contribution is -2.39. The van der Waals surface area contributed by atoms with Crippen LogP contribution in [-0.2, 0) is 4.79 Å². The first-order chi connectivity index (χ1) is 14.6. The van der Waals surface area contributed by atoms with E-state index in [9.17, 15) is 9.59 Å². The van der Waals surface area contributed by atoms with Crippen LogP contribution >= 0.6 is 24.0 Å². The molecule has 1 amide bonds. The first-order valence-electron chi connectivity index (χ1n) is 10.7. The van der Waals surface area contributed by atoms with Crippen molar-refractivity contribution in [1.82, 2.24) is 14.3 Å². The van der Waals surface area contributed by atoms with E-state index in [0.717, 1.165) is 51.6 Å². The molecule has 3 fully saturated rings. The minimum Gasteiger partial charge on any atom is -0.356 e. The maximum atomic E-state index is 13.3. The van der Waals surface area contributed by atoms with Crippen LogP contribution in [0.25, 0.3) is 11.7 Å². The van der Waals surface area contributed by atoms with Gasteiger partial charge in [-0.15, -0.1) is 0 Å². The number of hydrogen-bond donors (Lipinski definition) is 0. The van der Waals surface area contributed by atoms with Gasteiger partial charge in [0.25, 0.3) is 11.5 Å². The van der Waals surface area contributed by atoms with E-state index < -0.39 is 0 Å². The summed E-state index contributed by atoms with van der Waals surface area (Å²) < 4.78 is 2.16. The van der Waals surface area contributed by atoms with Crippen LogP contribution in [0.1, 0.15) is 50.5 Å². The first kappa shape index (κ1) is 19.8. The van der Waals surface area contributed by atoms with Gasteiger partial charge in [0.2, 0.25) is 0 Å². The molecule has 0 radical (unpaired) electrons. The van der Waals surface area contributed by atoms with Gasteiger partial charge in [-0.25, -0.2) is 4.98 Å². The molecule has 0 atom stereocenters. The minimum absolute atomic E-state index is 0.0677. The fourth-order valence-corrected chi connectivity index (χ4v) is 6.03. The van der Waals surface area contributed by atoms with Crippen molar-refractivity contribution < 1.29 is 4.79 Å². The molecule has 8 heteroatoms. The van der Waals surface area contributed by atoms with Crippen molar-refractivity contribution in [2.75, 3.05) is 18.0 Å². The van der Waals surface area contributed by atoms with Crippen LogP contribution in [-0.4, -0.2) is 43.6 Å². The van der Waals surface area contributed by atoms with E-state index in [-0.39, 0.29) is 17.5 Å². The summed E-state index contributed by atoms with van der Waals surface area (Å²) in [6, 6.07) is 5.72. The maximum Gasteiger partial charge on any atom is 0.267 e. The van der Waals surface area contributed by atoms with Crippen molar-refractivity contribution in [3.05, 3.63) is 45.2 Å². The van der Waals surface area contributed by atoms with Crippen molar-refractivity contribution in [3.8, 4) is 0 Å². The molecule has 156 valence electrons. The highest BCUT2D eigenvalue weighted by Crippen LogP contribution is 2.38. The average molecular weight is 441 g/mol. The maximum absolute atomic E-state index is 13.3. The van der Waals surface area contributed by atoms with Gasteiger partial charge in [0.05, 0.1) is 10.5 Å². The number of thioether (sulfide) groups is 1. The number of thiocarbonyl (C=S) groups is 1. The predicted octanol–water partition coefficient (Wildman–Crippen LogP) is 3.83. The molecule has 2 aromatic rings. The van der Waals surface area contributed by atoms with E-state index >= 15 is 0 Å². The number of rotatable bonds is 3. The second-order valence-electron chi connectivity index (χ2n) is 8.12. The lowest BCUT2D eigenvalue weighted by Gasteiger charge is -2.29. The third-order valence-corrected chi connectivity index (χ3v) is 7.52. The molecule has 2 aromatic heterocycles.